The van der Waals surface area contributed by atoms with Gasteiger partial charge in [0.2, 0.25) is 5.91 Å². The summed E-state index contributed by atoms with van der Waals surface area (Å²) in [6.07, 6.45) is 12.7. The van der Waals surface area contributed by atoms with Gasteiger partial charge in [0, 0.05) is 19.5 Å². The van der Waals surface area contributed by atoms with Crippen molar-refractivity contribution in [3.63, 3.8) is 0 Å². The topological polar surface area (TPSA) is 20.3 Å². The van der Waals surface area contributed by atoms with E-state index in [9.17, 15) is 4.79 Å². The van der Waals surface area contributed by atoms with E-state index in [0.717, 1.165) is 24.3 Å². The standard InChI is InChI=1S/C17H27NO/c1-12(19)18-5-3-2-4-16(18)17-9-13-6-14(10-17)8-15(7-13)11-17/h13-16H,2-11H2,1H3. The number of carbonyl (C=O) groups excluding carboxylic acids is 1. The van der Waals surface area contributed by atoms with Crippen LogP contribution in [-0.4, -0.2) is 23.4 Å². The zero-order valence-electron chi connectivity index (χ0n) is 12.2. The summed E-state index contributed by atoms with van der Waals surface area (Å²) in [5.41, 5.74) is 0.529. The third-order valence-corrected chi connectivity index (χ3v) is 6.70. The van der Waals surface area contributed by atoms with E-state index in [1.807, 2.05) is 0 Å². The first kappa shape index (κ1) is 12.2. The van der Waals surface area contributed by atoms with Crippen LogP contribution in [0.3, 0.4) is 0 Å². The zero-order valence-corrected chi connectivity index (χ0v) is 12.2. The predicted octanol–water partition coefficient (Wildman–Crippen LogP) is 3.60. The molecule has 1 unspecified atom stereocenters. The molecular formula is C17H27NO. The normalized spacial score (nSPS) is 48.6. The van der Waals surface area contributed by atoms with Gasteiger partial charge in [-0.15, -0.1) is 0 Å². The first-order chi connectivity index (χ1) is 9.16. The van der Waals surface area contributed by atoms with Crippen molar-refractivity contribution < 1.29 is 4.79 Å². The van der Waals surface area contributed by atoms with Crippen LogP contribution in [0.4, 0.5) is 0 Å². The minimum absolute atomic E-state index is 0.334. The van der Waals surface area contributed by atoms with Gasteiger partial charge in [0.15, 0.2) is 0 Å². The Labute approximate surface area is 116 Å². The van der Waals surface area contributed by atoms with Gasteiger partial charge in [-0.3, -0.25) is 4.79 Å². The fourth-order valence-electron chi connectivity index (χ4n) is 6.53. The Morgan fingerprint density at radius 3 is 2.11 bits per heavy atom. The van der Waals surface area contributed by atoms with Gasteiger partial charge < -0.3 is 4.90 Å². The zero-order chi connectivity index (χ0) is 13.0. The Balaban J connectivity index is 1.64. The highest BCUT2D eigenvalue weighted by Crippen LogP contribution is 2.62. The summed E-state index contributed by atoms with van der Waals surface area (Å²) in [6.45, 7) is 2.82. The number of carbonyl (C=O) groups is 1. The van der Waals surface area contributed by atoms with Crippen molar-refractivity contribution in [1.82, 2.24) is 4.90 Å². The molecule has 2 nitrogen and oxygen atoms in total. The molecule has 0 radical (unpaired) electrons. The molecule has 4 bridgehead atoms. The van der Waals surface area contributed by atoms with E-state index in [0.29, 0.717) is 17.4 Å². The van der Waals surface area contributed by atoms with Crippen LogP contribution in [-0.2, 0) is 4.79 Å². The Bertz CT molecular complexity index is 353. The lowest BCUT2D eigenvalue weighted by atomic mass is 9.47. The largest absolute Gasteiger partial charge is 0.339 e. The maximum Gasteiger partial charge on any atom is 0.219 e. The summed E-state index contributed by atoms with van der Waals surface area (Å²) >= 11 is 0. The summed E-state index contributed by atoms with van der Waals surface area (Å²) in [7, 11) is 0. The molecule has 0 aromatic heterocycles. The fraction of sp³-hybridized carbons (Fsp3) is 0.941. The minimum Gasteiger partial charge on any atom is -0.339 e. The number of piperidine rings is 1. The fourth-order valence-corrected chi connectivity index (χ4v) is 6.53. The number of hydrogen-bond acceptors (Lipinski definition) is 1. The summed E-state index contributed by atoms with van der Waals surface area (Å²) in [4.78, 5) is 14.3. The van der Waals surface area contributed by atoms with Gasteiger partial charge in [-0.2, -0.15) is 0 Å². The molecule has 106 valence electrons. The number of hydrogen-bond donors (Lipinski definition) is 0. The first-order valence-electron chi connectivity index (χ1n) is 8.43. The molecule has 1 aliphatic heterocycles. The molecular weight excluding hydrogens is 234 g/mol. The Morgan fingerprint density at radius 1 is 1.00 bits per heavy atom. The lowest BCUT2D eigenvalue weighted by molar-refractivity contribution is -0.148. The van der Waals surface area contributed by atoms with E-state index in [-0.39, 0.29) is 0 Å². The molecule has 4 saturated carbocycles. The van der Waals surface area contributed by atoms with E-state index >= 15 is 0 Å². The van der Waals surface area contributed by atoms with Crippen molar-refractivity contribution in [3.05, 3.63) is 0 Å². The van der Waals surface area contributed by atoms with Gasteiger partial charge in [-0.05, 0) is 81.0 Å². The average Bonchev–Trinajstić information content (AvgIpc) is 2.37. The smallest absolute Gasteiger partial charge is 0.219 e. The van der Waals surface area contributed by atoms with Gasteiger partial charge in [-0.25, -0.2) is 0 Å². The molecule has 1 atom stereocenters. The number of nitrogens with zero attached hydrogens (tertiary/aromatic N) is 1. The SMILES string of the molecule is CC(=O)N1CCCCC1C12CC3CC(CC(C3)C1)C2. The Hall–Kier alpha value is -0.530. The Kier molecular flexibility index (Phi) is 2.72. The quantitative estimate of drug-likeness (QED) is 0.706. The molecule has 19 heavy (non-hydrogen) atoms. The highest BCUT2D eigenvalue weighted by Gasteiger charge is 2.55. The molecule has 4 aliphatic carbocycles. The molecule has 1 amide bonds. The first-order valence-corrected chi connectivity index (χ1v) is 8.43. The van der Waals surface area contributed by atoms with Gasteiger partial charge in [0.1, 0.15) is 0 Å². The third kappa shape index (κ3) is 1.86. The van der Waals surface area contributed by atoms with E-state index in [1.54, 1.807) is 6.92 Å². The molecule has 0 spiro atoms. The number of amides is 1. The van der Waals surface area contributed by atoms with Crippen LogP contribution in [0.15, 0.2) is 0 Å². The maximum atomic E-state index is 12.0. The van der Waals surface area contributed by atoms with Crippen molar-refractivity contribution >= 4 is 5.91 Å². The van der Waals surface area contributed by atoms with E-state index in [1.165, 1.54) is 57.8 Å². The van der Waals surface area contributed by atoms with Gasteiger partial charge >= 0.3 is 0 Å². The lowest BCUT2D eigenvalue weighted by Crippen LogP contribution is -2.59. The number of likely N-dealkylation sites (tertiary alicyclic amines) is 1. The van der Waals surface area contributed by atoms with Crippen molar-refractivity contribution in [2.75, 3.05) is 6.54 Å². The molecule has 1 heterocycles. The monoisotopic (exact) mass is 261 g/mol. The molecule has 2 heteroatoms. The van der Waals surface area contributed by atoms with Crippen LogP contribution in [0.2, 0.25) is 0 Å². The van der Waals surface area contributed by atoms with Crippen LogP contribution in [0.5, 0.6) is 0 Å². The molecule has 0 aromatic rings. The highest BCUT2D eigenvalue weighted by molar-refractivity contribution is 5.73. The molecule has 5 aliphatic rings. The van der Waals surface area contributed by atoms with Crippen molar-refractivity contribution in [2.24, 2.45) is 23.2 Å². The second-order valence-corrected chi connectivity index (χ2v) is 8.00. The second kappa shape index (κ2) is 4.23. The molecule has 0 N–H and O–H groups in total. The van der Waals surface area contributed by atoms with E-state index < -0.39 is 0 Å². The average molecular weight is 261 g/mol. The highest BCUT2D eigenvalue weighted by atomic mass is 16.2. The summed E-state index contributed by atoms with van der Waals surface area (Å²) in [5.74, 6) is 3.34. The van der Waals surface area contributed by atoms with Crippen LogP contribution >= 0.6 is 0 Å². The van der Waals surface area contributed by atoms with Gasteiger partial charge in [0.25, 0.3) is 0 Å². The molecule has 5 rings (SSSR count). The predicted molar refractivity (Wildman–Crippen MR) is 75.6 cm³/mol. The van der Waals surface area contributed by atoms with Crippen molar-refractivity contribution in [2.45, 2.75) is 70.8 Å². The summed E-state index contributed by atoms with van der Waals surface area (Å²) < 4.78 is 0. The maximum absolute atomic E-state index is 12.0. The van der Waals surface area contributed by atoms with Crippen LogP contribution in [0.1, 0.15) is 64.7 Å². The van der Waals surface area contributed by atoms with Gasteiger partial charge in [0.05, 0.1) is 0 Å². The van der Waals surface area contributed by atoms with Crippen molar-refractivity contribution in [1.29, 1.82) is 0 Å². The van der Waals surface area contributed by atoms with Crippen molar-refractivity contribution in [3.8, 4) is 0 Å². The van der Waals surface area contributed by atoms with E-state index in [2.05, 4.69) is 4.90 Å². The molecule has 5 fully saturated rings. The lowest BCUT2D eigenvalue weighted by Gasteiger charge is -2.61. The summed E-state index contributed by atoms with van der Waals surface area (Å²) in [6, 6.07) is 0.590. The van der Waals surface area contributed by atoms with E-state index in [4.69, 9.17) is 0 Å². The molecule has 1 saturated heterocycles. The van der Waals surface area contributed by atoms with Crippen LogP contribution < -0.4 is 0 Å². The second-order valence-electron chi connectivity index (χ2n) is 8.00. The van der Waals surface area contributed by atoms with Gasteiger partial charge in [-0.1, -0.05) is 0 Å². The summed E-state index contributed by atoms with van der Waals surface area (Å²) in [5, 5.41) is 0. The molecule has 0 aromatic carbocycles. The number of rotatable bonds is 1. The van der Waals surface area contributed by atoms with Crippen LogP contribution in [0.25, 0.3) is 0 Å². The minimum atomic E-state index is 0.334. The van der Waals surface area contributed by atoms with Crippen LogP contribution in [0, 0.1) is 23.2 Å². The third-order valence-electron chi connectivity index (χ3n) is 6.70. The Morgan fingerprint density at radius 2 is 1.58 bits per heavy atom.